The number of carbonyl (C=O) groups excluding carboxylic acids is 2. The Balaban J connectivity index is 1.58. The molecular formula is C33H44N2O8. The van der Waals surface area contributed by atoms with Crippen molar-refractivity contribution in [2.24, 2.45) is 11.3 Å². The fraction of sp³-hybridized carbons (Fsp3) is 0.606. The first kappa shape index (κ1) is 31.1. The van der Waals surface area contributed by atoms with Crippen LogP contribution >= 0.6 is 0 Å². The summed E-state index contributed by atoms with van der Waals surface area (Å²) in [4.78, 5) is 41.2. The molecule has 3 aliphatic rings. The summed E-state index contributed by atoms with van der Waals surface area (Å²) in [7, 11) is 3.23. The van der Waals surface area contributed by atoms with Crippen LogP contribution in [0.4, 0.5) is 4.79 Å². The van der Waals surface area contributed by atoms with Gasteiger partial charge in [0.25, 0.3) is 0 Å². The van der Waals surface area contributed by atoms with Gasteiger partial charge in [-0.05, 0) is 90.0 Å². The molecule has 3 aliphatic heterocycles. The van der Waals surface area contributed by atoms with Crippen LogP contribution in [0.5, 0.6) is 5.75 Å². The molecule has 0 aromatic heterocycles. The third kappa shape index (κ3) is 6.60. The Morgan fingerprint density at radius 1 is 1.05 bits per heavy atom. The van der Waals surface area contributed by atoms with Gasteiger partial charge in [-0.2, -0.15) is 0 Å². The number of benzene rings is 2. The fourth-order valence-electron chi connectivity index (χ4n) is 6.87. The molecule has 5 rings (SSSR count). The number of carboxylic acid groups (broad SMARTS) is 1. The van der Waals surface area contributed by atoms with Crippen LogP contribution in [0, 0.1) is 11.3 Å². The van der Waals surface area contributed by atoms with E-state index in [0.29, 0.717) is 32.5 Å². The van der Waals surface area contributed by atoms with E-state index in [4.69, 9.17) is 18.9 Å². The summed E-state index contributed by atoms with van der Waals surface area (Å²) in [6.45, 7) is 5.51. The maximum atomic E-state index is 14.2. The molecule has 3 heterocycles. The van der Waals surface area contributed by atoms with Crippen LogP contribution in [0.1, 0.15) is 63.5 Å². The second-order valence-corrected chi connectivity index (χ2v) is 12.9. The number of amides is 2. The lowest BCUT2D eigenvalue weighted by Gasteiger charge is -2.34. The van der Waals surface area contributed by atoms with E-state index >= 15 is 0 Å². The van der Waals surface area contributed by atoms with E-state index in [1.54, 1.807) is 14.2 Å². The summed E-state index contributed by atoms with van der Waals surface area (Å²) < 4.78 is 22.9. The highest BCUT2D eigenvalue weighted by molar-refractivity contribution is 5.91. The number of alkyl carbamates (subject to hydrolysis) is 1. The van der Waals surface area contributed by atoms with E-state index < -0.39 is 35.7 Å². The van der Waals surface area contributed by atoms with Crippen LogP contribution < -0.4 is 10.1 Å². The van der Waals surface area contributed by atoms with Crippen molar-refractivity contribution in [1.29, 1.82) is 0 Å². The fourth-order valence-corrected chi connectivity index (χ4v) is 6.87. The molecule has 2 amide bonds. The normalized spacial score (nSPS) is 27.3. The van der Waals surface area contributed by atoms with Crippen molar-refractivity contribution >= 4 is 28.7 Å². The zero-order valence-electron chi connectivity index (χ0n) is 25.6. The first-order chi connectivity index (χ1) is 20.6. The maximum absolute atomic E-state index is 14.2. The van der Waals surface area contributed by atoms with Crippen molar-refractivity contribution < 1.29 is 38.4 Å². The molecule has 0 saturated carbocycles. The van der Waals surface area contributed by atoms with E-state index in [2.05, 4.69) is 25.2 Å². The molecule has 2 saturated heterocycles. The predicted molar refractivity (Wildman–Crippen MR) is 160 cm³/mol. The average molecular weight is 597 g/mol. The van der Waals surface area contributed by atoms with Gasteiger partial charge in [0.1, 0.15) is 23.4 Å². The first-order valence-corrected chi connectivity index (χ1v) is 15.3. The van der Waals surface area contributed by atoms with Crippen molar-refractivity contribution in [2.45, 2.75) is 76.5 Å². The van der Waals surface area contributed by atoms with Gasteiger partial charge in [0.05, 0.1) is 20.3 Å². The number of aryl methyl sites for hydroxylation is 1. The minimum Gasteiger partial charge on any atom is -0.496 e. The zero-order valence-corrected chi connectivity index (χ0v) is 25.6. The molecule has 10 nitrogen and oxygen atoms in total. The highest BCUT2D eigenvalue weighted by Gasteiger charge is 2.52. The molecule has 0 radical (unpaired) electrons. The number of fused-ring (bicyclic) bond motifs is 5. The molecule has 0 spiro atoms. The van der Waals surface area contributed by atoms with Gasteiger partial charge in [0, 0.05) is 26.7 Å². The highest BCUT2D eigenvalue weighted by Crippen LogP contribution is 2.42. The zero-order chi connectivity index (χ0) is 30.8. The number of ether oxygens (including phenoxy) is 4. The molecule has 43 heavy (non-hydrogen) atoms. The van der Waals surface area contributed by atoms with Gasteiger partial charge in [0.15, 0.2) is 0 Å². The molecule has 2 fully saturated rings. The molecule has 0 aliphatic carbocycles. The minimum absolute atomic E-state index is 0.0401. The number of nitrogens with zero attached hydrogens (tertiary/aromatic N) is 1. The standard InChI is InChI=1S/C33H44N2O8/c1-32(2)11-5-6-23-16-24-17-25(8-7-22(24)18-27(23)40-3)33(41-4)19-26(30(37)38)35(20-33)29(36)28(21-9-13-42-14-10-21)34-31(39)43-15-12-32/h7-8,16-18,21,26,28H,5-6,9-15,19-20H2,1-4H3,(H,34,39)(H,37,38)/t26-,28-,33-/m0/s1. The number of aliphatic carboxylic acids is 1. The topological polar surface area (TPSA) is 124 Å². The second kappa shape index (κ2) is 12.7. The molecule has 0 unspecified atom stereocenters. The van der Waals surface area contributed by atoms with Crippen LogP contribution in [-0.4, -0.2) is 80.6 Å². The molecule has 234 valence electrons. The number of methoxy groups -OCH3 is 2. The molecule has 2 aromatic rings. The van der Waals surface area contributed by atoms with Crippen molar-refractivity contribution in [3.8, 4) is 5.75 Å². The Morgan fingerprint density at radius 2 is 1.81 bits per heavy atom. The summed E-state index contributed by atoms with van der Waals surface area (Å²) >= 11 is 0. The third-order valence-electron chi connectivity index (χ3n) is 9.64. The van der Waals surface area contributed by atoms with Crippen LogP contribution in [0.25, 0.3) is 10.8 Å². The third-order valence-corrected chi connectivity index (χ3v) is 9.64. The Bertz CT molecular complexity index is 1350. The van der Waals surface area contributed by atoms with Gasteiger partial charge in [-0.15, -0.1) is 0 Å². The summed E-state index contributed by atoms with van der Waals surface area (Å²) in [5.74, 6) is -0.937. The quantitative estimate of drug-likeness (QED) is 0.523. The van der Waals surface area contributed by atoms with Gasteiger partial charge in [-0.3, -0.25) is 4.79 Å². The lowest BCUT2D eigenvalue weighted by molar-refractivity contribution is -0.150. The molecule has 2 N–H and O–H groups in total. The van der Waals surface area contributed by atoms with E-state index in [0.717, 1.165) is 46.9 Å². The molecule has 3 atom stereocenters. The summed E-state index contributed by atoms with van der Waals surface area (Å²) in [6, 6.07) is 8.09. The van der Waals surface area contributed by atoms with E-state index in [1.807, 2.05) is 24.3 Å². The summed E-state index contributed by atoms with van der Waals surface area (Å²) in [5, 5.41) is 15.1. The SMILES string of the molecule is COc1cc2ccc3cc2cc1CCCC(C)(C)CCOC(=O)N[C@@H](C1CCOCC1)C(=O)N1C[C@@]3(OC)C[C@H]1C(=O)O. The average Bonchev–Trinajstić information content (AvgIpc) is 3.40. The number of carbonyl (C=O) groups is 3. The number of nitrogens with one attached hydrogen (secondary N) is 1. The van der Waals surface area contributed by atoms with Crippen LogP contribution in [0.3, 0.4) is 0 Å². The Hall–Kier alpha value is -3.37. The smallest absolute Gasteiger partial charge is 0.407 e. The van der Waals surface area contributed by atoms with Crippen LogP contribution in [-0.2, 0) is 35.8 Å². The lowest BCUT2D eigenvalue weighted by Crippen LogP contribution is -2.55. The number of carboxylic acids is 1. The Labute approximate surface area is 253 Å². The number of rotatable bonds is 4. The predicted octanol–water partition coefficient (Wildman–Crippen LogP) is 4.65. The summed E-state index contributed by atoms with van der Waals surface area (Å²) in [6.07, 6.45) is 3.90. The van der Waals surface area contributed by atoms with E-state index in [9.17, 15) is 19.5 Å². The van der Waals surface area contributed by atoms with Gasteiger partial charge in [-0.1, -0.05) is 26.0 Å². The van der Waals surface area contributed by atoms with E-state index in [-0.39, 0.29) is 30.9 Å². The van der Waals surface area contributed by atoms with Crippen molar-refractivity contribution in [3.05, 3.63) is 41.5 Å². The lowest BCUT2D eigenvalue weighted by atomic mass is 9.83. The Morgan fingerprint density at radius 3 is 2.51 bits per heavy atom. The molecular weight excluding hydrogens is 552 g/mol. The Kier molecular flexibility index (Phi) is 9.18. The van der Waals surface area contributed by atoms with Crippen molar-refractivity contribution in [2.75, 3.05) is 40.6 Å². The monoisotopic (exact) mass is 596 g/mol. The number of cyclic esters (lactones) is 1. The van der Waals surface area contributed by atoms with Gasteiger partial charge in [0.2, 0.25) is 5.91 Å². The molecule has 5 bridgehead atoms. The number of hydrogen-bond acceptors (Lipinski definition) is 7. The molecule has 10 heteroatoms. The van der Waals surface area contributed by atoms with Gasteiger partial charge in [-0.25, -0.2) is 9.59 Å². The van der Waals surface area contributed by atoms with E-state index in [1.165, 1.54) is 4.90 Å². The van der Waals surface area contributed by atoms with Gasteiger partial charge >= 0.3 is 12.1 Å². The highest BCUT2D eigenvalue weighted by atomic mass is 16.5. The first-order valence-electron chi connectivity index (χ1n) is 15.3. The van der Waals surface area contributed by atoms with Crippen molar-refractivity contribution in [3.63, 3.8) is 0 Å². The minimum atomic E-state index is -1.12. The largest absolute Gasteiger partial charge is 0.496 e. The van der Waals surface area contributed by atoms with Gasteiger partial charge < -0.3 is 34.3 Å². The summed E-state index contributed by atoms with van der Waals surface area (Å²) in [5.41, 5.74) is 0.782. The second-order valence-electron chi connectivity index (χ2n) is 12.9. The van der Waals surface area contributed by atoms with Crippen LogP contribution in [0.2, 0.25) is 0 Å². The molecule has 2 aromatic carbocycles. The number of hydrogen-bond donors (Lipinski definition) is 2. The van der Waals surface area contributed by atoms with Crippen molar-refractivity contribution in [1.82, 2.24) is 10.2 Å². The maximum Gasteiger partial charge on any atom is 0.407 e. The van der Waals surface area contributed by atoms with Crippen LogP contribution in [0.15, 0.2) is 30.3 Å².